The molecular formula is C10H11ClO3. The molecule has 0 heterocycles. The van der Waals surface area contributed by atoms with Crippen LogP contribution in [0.15, 0.2) is 12.1 Å². The number of hydrogen-bond donors (Lipinski definition) is 1. The second-order valence-corrected chi connectivity index (χ2v) is 3.17. The van der Waals surface area contributed by atoms with E-state index in [0.29, 0.717) is 17.9 Å². The molecule has 14 heavy (non-hydrogen) atoms. The maximum Gasteiger partial charge on any atom is 0.337 e. The molecule has 76 valence electrons. The molecule has 1 N–H and O–H groups in total. The van der Waals surface area contributed by atoms with Crippen molar-refractivity contribution in [1.82, 2.24) is 0 Å². The van der Waals surface area contributed by atoms with Gasteiger partial charge in [-0.1, -0.05) is 11.6 Å². The fourth-order valence-corrected chi connectivity index (χ4v) is 1.38. The van der Waals surface area contributed by atoms with Crippen LogP contribution in [0.2, 0.25) is 5.02 Å². The van der Waals surface area contributed by atoms with Gasteiger partial charge in [0.05, 0.1) is 17.2 Å². The van der Waals surface area contributed by atoms with Gasteiger partial charge in [0.1, 0.15) is 5.75 Å². The van der Waals surface area contributed by atoms with Gasteiger partial charge in [-0.2, -0.15) is 0 Å². The molecule has 0 aliphatic heterocycles. The molecule has 0 saturated carbocycles. The summed E-state index contributed by atoms with van der Waals surface area (Å²) in [5.41, 5.74) is 0.765. The Bertz CT molecular complexity index is 361. The average molecular weight is 215 g/mol. The summed E-state index contributed by atoms with van der Waals surface area (Å²) in [6.45, 7) is 4.13. The van der Waals surface area contributed by atoms with E-state index in [-0.39, 0.29) is 10.6 Å². The van der Waals surface area contributed by atoms with Crippen molar-refractivity contribution in [2.24, 2.45) is 0 Å². The molecule has 0 amide bonds. The van der Waals surface area contributed by atoms with Crippen LogP contribution in [0.4, 0.5) is 0 Å². The molecule has 0 bridgehead atoms. The van der Waals surface area contributed by atoms with Gasteiger partial charge in [-0.05, 0) is 26.0 Å². The van der Waals surface area contributed by atoms with Gasteiger partial charge < -0.3 is 9.84 Å². The van der Waals surface area contributed by atoms with Gasteiger partial charge in [-0.25, -0.2) is 4.79 Å². The lowest BCUT2D eigenvalue weighted by molar-refractivity contribution is 0.0697. The van der Waals surface area contributed by atoms with Crippen LogP contribution in [-0.4, -0.2) is 17.7 Å². The lowest BCUT2D eigenvalue weighted by Crippen LogP contribution is -2.01. The molecule has 0 aliphatic rings. The van der Waals surface area contributed by atoms with Crippen molar-refractivity contribution in [3.8, 4) is 5.75 Å². The molecule has 1 aromatic rings. The highest BCUT2D eigenvalue weighted by atomic mass is 35.5. The summed E-state index contributed by atoms with van der Waals surface area (Å²) in [4.78, 5) is 10.7. The maximum atomic E-state index is 10.7. The highest BCUT2D eigenvalue weighted by Crippen LogP contribution is 2.29. The summed E-state index contributed by atoms with van der Waals surface area (Å²) in [6.07, 6.45) is 0. The Labute approximate surface area is 87.3 Å². The molecule has 0 spiro atoms. The van der Waals surface area contributed by atoms with E-state index in [1.807, 2.05) is 6.92 Å². The van der Waals surface area contributed by atoms with Crippen LogP contribution in [0, 0.1) is 6.92 Å². The third-order valence-electron chi connectivity index (χ3n) is 1.87. The van der Waals surface area contributed by atoms with Gasteiger partial charge in [0.25, 0.3) is 0 Å². The van der Waals surface area contributed by atoms with Crippen LogP contribution in [0.1, 0.15) is 22.8 Å². The number of benzene rings is 1. The van der Waals surface area contributed by atoms with Crippen molar-refractivity contribution in [2.75, 3.05) is 6.61 Å². The predicted molar refractivity (Wildman–Crippen MR) is 54.3 cm³/mol. The zero-order valence-corrected chi connectivity index (χ0v) is 8.76. The van der Waals surface area contributed by atoms with Crippen molar-refractivity contribution in [3.05, 3.63) is 28.3 Å². The number of halogens is 1. The van der Waals surface area contributed by atoms with Crippen LogP contribution in [0.25, 0.3) is 0 Å². The number of carbonyl (C=O) groups is 1. The summed E-state index contributed by atoms with van der Waals surface area (Å²) in [6, 6.07) is 3.07. The topological polar surface area (TPSA) is 46.5 Å². The molecule has 0 unspecified atom stereocenters. The molecule has 0 fully saturated rings. The Kier molecular flexibility index (Phi) is 3.36. The number of carboxylic acids is 1. The molecule has 1 rings (SSSR count). The Morgan fingerprint density at radius 3 is 2.71 bits per heavy atom. The SMILES string of the molecule is CCOc1ccc(C(=O)O)c(Cl)c1C. The van der Waals surface area contributed by atoms with Gasteiger partial charge in [-0.15, -0.1) is 0 Å². The molecule has 1 aromatic carbocycles. The third-order valence-corrected chi connectivity index (χ3v) is 2.35. The highest BCUT2D eigenvalue weighted by Gasteiger charge is 2.13. The van der Waals surface area contributed by atoms with Gasteiger partial charge in [0.2, 0.25) is 0 Å². The minimum atomic E-state index is -1.03. The van der Waals surface area contributed by atoms with Crippen molar-refractivity contribution in [2.45, 2.75) is 13.8 Å². The van der Waals surface area contributed by atoms with Crippen molar-refractivity contribution < 1.29 is 14.6 Å². The van der Waals surface area contributed by atoms with Crippen LogP contribution >= 0.6 is 11.6 Å². The van der Waals surface area contributed by atoms with Gasteiger partial charge in [-0.3, -0.25) is 0 Å². The first-order valence-electron chi connectivity index (χ1n) is 4.23. The van der Waals surface area contributed by atoms with Crippen LogP contribution in [-0.2, 0) is 0 Å². The summed E-state index contributed by atoms with van der Waals surface area (Å²) >= 11 is 5.87. The number of carboxylic acid groups (broad SMARTS) is 1. The number of aromatic carboxylic acids is 1. The Morgan fingerprint density at radius 1 is 1.57 bits per heavy atom. The standard InChI is InChI=1S/C10H11ClO3/c1-3-14-8-5-4-7(10(12)13)9(11)6(8)2/h4-5H,3H2,1-2H3,(H,12,13). The van der Waals surface area contributed by atoms with Crippen LogP contribution < -0.4 is 4.74 Å². The molecule has 0 atom stereocenters. The summed E-state index contributed by atoms with van der Waals surface area (Å²) in [7, 11) is 0. The second kappa shape index (κ2) is 4.33. The minimum absolute atomic E-state index is 0.104. The molecule has 0 saturated heterocycles. The van der Waals surface area contributed by atoms with Gasteiger partial charge in [0.15, 0.2) is 0 Å². The maximum absolute atomic E-state index is 10.7. The summed E-state index contributed by atoms with van der Waals surface area (Å²) < 4.78 is 5.27. The zero-order chi connectivity index (χ0) is 10.7. The van der Waals surface area contributed by atoms with E-state index in [4.69, 9.17) is 21.4 Å². The molecular weight excluding hydrogens is 204 g/mol. The Balaban J connectivity index is 3.19. The lowest BCUT2D eigenvalue weighted by Gasteiger charge is -2.09. The quantitative estimate of drug-likeness (QED) is 0.842. The van der Waals surface area contributed by atoms with E-state index in [2.05, 4.69) is 0 Å². The van der Waals surface area contributed by atoms with E-state index >= 15 is 0 Å². The van der Waals surface area contributed by atoms with E-state index in [0.717, 1.165) is 0 Å². The first kappa shape index (κ1) is 10.9. The largest absolute Gasteiger partial charge is 0.494 e. The van der Waals surface area contributed by atoms with Crippen molar-refractivity contribution in [1.29, 1.82) is 0 Å². The first-order chi connectivity index (χ1) is 6.57. The van der Waals surface area contributed by atoms with E-state index < -0.39 is 5.97 Å². The number of rotatable bonds is 3. The second-order valence-electron chi connectivity index (χ2n) is 2.79. The lowest BCUT2D eigenvalue weighted by atomic mass is 10.1. The number of hydrogen-bond acceptors (Lipinski definition) is 2. The fraction of sp³-hybridized carbons (Fsp3) is 0.300. The van der Waals surface area contributed by atoms with E-state index in [1.165, 1.54) is 6.07 Å². The zero-order valence-electron chi connectivity index (χ0n) is 8.00. The van der Waals surface area contributed by atoms with E-state index in [1.54, 1.807) is 13.0 Å². The first-order valence-corrected chi connectivity index (χ1v) is 4.61. The predicted octanol–water partition coefficient (Wildman–Crippen LogP) is 2.75. The molecule has 0 radical (unpaired) electrons. The molecule has 0 aromatic heterocycles. The van der Waals surface area contributed by atoms with Crippen LogP contribution in [0.3, 0.4) is 0 Å². The normalized spacial score (nSPS) is 9.93. The van der Waals surface area contributed by atoms with Gasteiger partial charge >= 0.3 is 5.97 Å². The third kappa shape index (κ3) is 1.99. The molecule has 4 heteroatoms. The monoisotopic (exact) mass is 214 g/mol. The molecule has 0 aliphatic carbocycles. The minimum Gasteiger partial charge on any atom is -0.494 e. The Hall–Kier alpha value is -1.22. The fourth-order valence-electron chi connectivity index (χ4n) is 1.14. The average Bonchev–Trinajstić information content (AvgIpc) is 2.13. The van der Waals surface area contributed by atoms with Gasteiger partial charge in [0, 0.05) is 5.56 Å². The van der Waals surface area contributed by atoms with Crippen LogP contribution in [0.5, 0.6) is 5.75 Å². The smallest absolute Gasteiger partial charge is 0.337 e. The Morgan fingerprint density at radius 2 is 2.21 bits per heavy atom. The summed E-state index contributed by atoms with van der Waals surface area (Å²) in [5.74, 6) is -0.399. The highest BCUT2D eigenvalue weighted by molar-refractivity contribution is 6.34. The number of ether oxygens (including phenoxy) is 1. The summed E-state index contributed by atoms with van der Waals surface area (Å²) in [5, 5.41) is 9.02. The van der Waals surface area contributed by atoms with E-state index in [9.17, 15) is 4.79 Å². The van der Waals surface area contributed by atoms with Crippen molar-refractivity contribution in [3.63, 3.8) is 0 Å². The molecule has 3 nitrogen and oxygen atoms in total. The van der Waals surface area contributed by atoms with Crippen molar-refractivity contribution >= 4 is 17.6 Å².